The Kier molecular flexibility index (Phi) is 5.92. The number of hydrogen-bond donors (Lipinski definition) is 2. The first kappa shape index (κ1) is 14.6. The average Bonchev–Trinajstić information content (AvgIpc) is 2.45. The van der Waals surface area contributed by atoms with Crippen molar-refractivity contribution >= 4 is 6.03 Å². The van der Waals surface area contributed by atoms with Crippen LogP contribution in [0.3, 0.4) is 0 Å². The van der Waals surface area contributed by atoms with Crippen LogP contribution in [0.1, 0.15) is 38.5 Å². The number of urea groups is 1. The van der Waals surface area contributed by atoms with Crippen molar-refractivity contribution in [2.24, 2.45) is 5.73 Å². The lowest BCUT2D eigenvalue weighted by Gasteiger charge is -2.34. The van der Waals surface area contributed by atoms with E-state index in [1.54, 1.807) is 0 Å². The van der Waals surface area contributed by atoms with E-state index in [1.165, 1.54) is 32.4 Å². The summed E-state index contributed by atoms with van der Waals surface area (Å²) in [7, 11) is 0. The van der Waals surface area contributed by atoms with Gasteiger partial charge in [-0.05, 0) is 64.8 Å². The van der Waals surface area contributed by atoms with Gasteiger partial charge in [0.2, 0.25) is 0 Å². The van der Waals surface area contributed by atoms with Crippen molar-refractivity contribution in [2.75, 3.05) is 39.3 Å². The van der Waals surface area contributed by atoms with Crippen molar-refractivity contribution in [3.63, 3.8) is 0 Å². The molecule has 2 aliphatic rings. The van der Waals surface area contributed by atoms with Gasteiger partial charge in [-0.1, -0.05) is 6.42 Å². The Morgan fingerprint density at radius 2 is 1.89 bits per heavy atom. The fourth-order valence-corrected chi connectivity index (χ4v) is 3.24. The largest absolute Gasteiger partial charge is 0.351 e. The molecule has 2 amide bonds. The van der Waals surface area contributed by atoms with E-state index in [0.717, 1.165) is 45.4 Å². The Morgan fingerprint density at radius 3 is 2.53 bits per heavy atom. The van der Waals surface area contributed by atoms with E-state index in [4.69, 9.17) is 5.73 Å². The molecule has 19 heavy (non-hydrogen) atoms. The zero-order valence-electron chi connectivity index (χ0n) is 11.9. The van der Waals surface area contributed by atoms with E-state index in [-0.39, 0.29) is 6.03 Å². The number of hydrogen-bond acceptors (Lipinski definition) is 3. The molecule has 0 aliphatic carbocycles. The monoisotopic (exact) mass is 268 g/mol. The number of nitrogens with two attached hydrogens (primary N) is 1. The second kappa shape index (κ2) is 7.70. The highest BCUT2D eigenvalue weighted by molar-refractivity contribution is 5.72. The Morgan fingerprint density at radius 1 is 1.21 bits per heavy atom. The van der Waals surface area contributed by atoms with Crippen molar-refractivity contribution in [3.05, 3.63) is 0 Å². The molecule has 0 aromatic heterocycles. The summed E-state index contributed by atoms with van der Waals surface area (Å²) in [5.41, 5.74) is 5.54. The standard InChI is InChI=1S/C14H28N4O/c15-14(19)18(13-5-7-16-8-6-13)12-4-11-17-9-2-1-3-10-17/h13,16H,1-12H2,(H2,15,19). The third-order valence-electron chi connectivity index (χ3n) is 4.35. The maximum absolute atomic E-state index is 11.6. The van der Waals surface area contributed by atoms with Crippen LogP contribution in [0.25, 0.3) is 0 Å². The first-order chi connectivity index (χ1) is 9.27. The summed E-state index contributed by atoms with van der Waals surface area (Å²) in [4.78, 5) is 16.0. The zero-order valence-corrected chi connectivity index (χ0v) is 11.9. The van der Waals surface area contributed by atoms with E-state index >= 15 is 0 Å². The predicted octanol–water partition coefficient (Wildman–Crippen LogP) is 0.995. The first-order valence-corrected chi connectivity index (χ1v) is 7.76. The molecule has 2 fully saturated rings. The van der Waals surface area contributed by atoms with Crippen molar-refractivity contribution in [1.29, 1.82) is 0 Å². The van der Waals surface area contributed by atoms with Gasteiger partial charge in [0.1, 0.15) is 0 Å². The van der Waals surface area contributed by atoms with Gasteiger partial charge in [-0.15, -0.1) is 0 Å². The third-order valence-corrected chi connectivity index (χ3v) is 4.35. The molecule has 3 N–H and O–H groups in total. The molecule has 0 atom stereocenters. The molecule has 110 valence electrons. The molecule has 0 unspecified atom stereocenters. The SMILES string of the molecule is NC(=O)N(CCCN1CCCCC1)C1CCNCC1. The molecule has 0 bridgehead atoms. The Hall–Kier alpha value is -0.810. The molecular weight excluding hydrogens is 240 g/mol. The summed E-state index contributed by atoms with van der Waals surface area (Å²) in [6.07, 6.45) is 7.15. The molecule has 0 aromatic rings. The molecule has 0 spiro atoms. The number of nitrogens with zero attached hydrogens (tertiary/aromatic N) is 2. The van der Waals surface area contributed by atoms with Gasteiger partial charge in [-0.2, -0.15) is 0 Å². The van der Waals surface area contributed by atoms with Crippen molar-refractivity contribution in [3.8, 4) is 0 Å². The van der Waals surface area contributed by atoms with Gasteiger partial charge in [0, 0.05) is 12.6 Å². The summed E-state index contributed by atoms with van der Waals surface area (Å²) in [6.45, 7) is 6.38. The smallest absolute Gasteiger partial charge is 0.315 e. The van der Waals surface area contributed by atoms with Crippen molar-refractivity contribution < 1.29 is 4.79 Å². The van der Waals surface area contributed by atoms with Gasteiger partial charge in [0.15, 0.2) is 0 Å². The lowest BCUT2D eigenvalue weighted by Crippen LogP contribution is -2.49. The highest BCUT2D eigenvalue weighted by Crippen LogP contribution is 2.13. The molecular formula is C14H28N4O. The predicted molar refractivity (Wildman–Crippen MR) is 77.1 cm³/mol. The quantitative estimate of drug-likeness (QED) is 0.782. The van der Waals surface area contributed by atoms with Crippen LogP contribution in [0.15, 0.2) is 0 Å². The topological polar surface area (TPSA) is 61.6 Å². The number of amides is 2. The fraction of sp³-hybridized carbons (Fsp3) is 0.929. The highest BCUT2D eigenvalue weighted by Gasteiger charge is 2.23. The molecule has 2 heterocycles. The molecule has 5 heteroatoms. The molecule has 2 rings (SSSR count). The molecule has 2 aliphatic heterocycles. The van der Waals surface area contributed by atoms with Gasteiger partial charge in [-0.3, -0.25) is 0 Å². The van der Waals surface area contributed by atoms with Crippen LogP contribution < -0.4 is 11.1 Å². The maximum Gasteiger partial charge on any atom is 0.315 e. The number of rotatable bonds is 5. The molecule has 0 radical (unpaired) electrons. The third kappa shape index (κ3) is 4.66. The second-order valence-electron chi connectivity index (χ2n) is 5.77. The van der Waals surface area contributed by atoms with Gasteiger partial charge in [0.05, 0.1) is 0 Å². The summed E-state index contributed by atoms with van der Waals surface area (Å²) in [6, 6.07) is 0.102. The van der Waals surface area contributed by atoms with Gasteiger partial charge in [-0.25, -0.2) is 4.79 Å². The normalized spacial score (nSPS) is 22.3. The van der Waals surface area contributed by atoms with E-state index in [9.17, 15) is 4.79 Å². The Balaban J connectivity index is 1.71. The summed E-state index contributed by atoms with van der Waals surface area (Å²) >= 11 is 0. The number of likely N-dealkylation sites (tertiary alicyclic amines) is 1. The molecule has 0 saturated carbocycles. The van der Waals surface area contributed by atoms with E-state index in [0.29, 0.717) is 6.04 Å². The lowest BCUT2D eigenvalue weighted by molar-refractivity contribution is 0.156. The number of carbonyl (C=O) groups is 1. The lowest BCUT2D eigenvalue weighted by atomic mass is 10.0. The highest BCUT2D eigenvalue weighted by atomic mass is 16.2. The maximum atomic E-state index is 11.6. The van der Waals surface area contributed by atoms with Gasteiger partial charge < -0.3 is 20.9 Å². The van der Waals surface area contributed by atoms with Crippen LogP contribution >= 0.6 is 0 Å². The molecule has 2 saturated heterocycles. The minimum atomic E-state index is -0.245. The molecule has 0 aromatic carbocycles. The van der Waals surface area contributed by atoms with E-state index in [2.05, 4.69) is 10.2 Å². The van der Waals surface area contributed by atoms with Crippen LogP contribution in [0.5, 0.6) is 0 Å². The van der Waals surface area contributed by atoms with Crippen LogP contribution in [0.2, 0.25) is 0 Å². The Bertz CT molecular complexity index is 273. The number of nitrogens with one attached hydrogen (secondary N) is 1. The van der Waals surface area contributed by atoms with Crippen LogP contribution in [-0.4, -0.2) is 61.1 Å². The minimum absolute atomic E-state index is 0.245. The zero-order chi connectivity index (χ0) is 13.5. The minimum Gasteiger partial charge on any atom is -0.351 e. The van der Waals surface area contributed by atoms with Crippen LogP contribution in [0, 0.1) is 0 Å². The van der Waals surface area contributed by atoms with Crippen molar-refractivity contribution in [1.82, 2.24) is 15.1 Å². The Labute approximate surface area is 116 Å². The van der Waals surface area contributed by atoms with Crippen LogP contribution in [0.4, 0.5) is 4.79 Å². The molecule has 5 nitrogen and oxygen atoms in total. The van der Waals surface area contributed by atoms with Crippen molar-refractivity contribution in [2.45, 2.75) is 44.6 Å². The second-order valence-corrected chi connectivity index (χ2v) is 5.77. The van der Waals surface area contributed by atoms with Crippen LogP contribution in [-0.2, 0) is 0 Å². The van der Waals surface area contributed by atoms with E-state index in [1.807, 2.05) is 4.90 Å². The number of carbonyl (C=O) groups excluding carboxylic acids is 1. The average molecular weight is 268 g/mol. The van der Waals surface area contributed by atoms with Gasteiger partial charge in [0.25, 0.3) is 0 Å². The fourth-order valence-electron chi connectivity index (χ4n) is 3.24. The number of piperidine rings is 2. The van der Waals surface area contributed by atoms with E-state index < -0.39 is 0 Å². The summed E-state index contributed by atoms with van der Waals surface area (Å²) in [5, 5.41) is 3.33. The first-order valence-electron chi connectivity index (χ1n) is 7.76. The summed E-state index contributed by atoms with van der Waals surface area (Å²) in [5.74, 6) is 0. The van der Waals surface area contributed by atoms with Gasteiger partial charge >= 0.3 is 6.03 Å². The number of primary amides is 1. The summed E-state index contributed by atoms with van der Waals surface area (Å²) < 4.78 is 0.